The highest BCUT2D eigenvalue weighted by Gasteiger charge is 2.13. The quantitative estimate of drug-likeness (QED) is 0.483. The summed E-state index contributed by atoms with van der Waals surface area (Å²) < 4.78 is 3.81. The number of hydrogen-bond acceptors (Lipinski definition) is 4. The van der Waals surface area contributed by atoms with Crippen molar-refractivity contribution >= 4 is 21.9 Å². The van der Waals surface area contributed by atoms with E-state index in [0.717, 1.165) is 44.6 Å². The van der Waals surface area contributed by atoms with Crippen molar-refractivity contribution < 1.29 is 0 Å². The van der Waals surface area contributed by atoms with Crippen molar-refractivity contribution in [3.8, 4) is 22.6 Å². The standard InChI is InChI=1S/C23H17N7/c1-15-3-2-4-18(11-15)29-22(9-10-25-29)16-6-8-20-23(12-16)30(28-27-20)19-7-5-17-14-24-26-21(17)13-19/h2-14H,1H3,(H,24,26). The van der Waals surface area contributed by atoms with E-state index in [1.807, 2.05) is 58.2 Å². The van der Waals surface area contributed by atoms with Crippen molar-refractivity contribution in [1.29, 1.82) is 0 Å². The summed E-state index contributed by atoms with van der Waals surface area (Å²) in [4.78, 5) is 0. The highest BCUT2D eigenvalue weighted by Crippen LogP contribution is 2.27. The van der Waals surface area contributed by atoms with E-state index in [9.17, 15) is 0 Å². The first kappa shape index (κ1) is 16.7. The van der Waals surface area contributed by atoms with Gasteiger partial charge in [-0.15, -0.1) is 5.10 Å². The summed E-state index contributed by atoms with van der Waals surface area (Å²) in [5.74, 6) is 0. The summed E-state index contributed by atoms with van der Waals surface area (Å²) in [5.41, 5.74) is 7.95. The molecule has 3 aromatic heterocycles. The number of benzene rings is 3. The van der Waals surface area contributed by atoms with Crippen LogP contribution in [0.2, 0.25) is 0 Å². The first-order valence-electron chi connectivity index (χ1n) is 9.67. The smallest absolute Gasteiger partial charge is 0.113 e. The van der Waals surface area contributed by atoms with Gasteiger partial charge in [0.25, 0.3) is 0 Å². The van der Waals surface area contributed by atoms with Crippen LogP contribution >= 0.6 is 0 Å². The SMILES string of the molecule is Cc1cccc(-n2nccc2-c2ccc3nnn(-c4ccc5cn[nH]c5c4)c3c2)c1. The van der Waals surface area contributed by atoms with Gasteiger partial charge in [0.2, 0.25) is 0 Å². The highest BCUT2D eigenvalue weighted by atomic mass is 15.4. The maximum absolute atomic E-state index is 4.55. The lowest BCUT2D eigenvalue weighted by Gasteiger charge is -2.09. The molecule has 0 saturated heterocycles. The zero-order valence-corrected chi connectivity index (χ0v) is 16.2. The third-order valence-electron chi connectivity index (χ3n) is 5.30. The molecule has 6 aromatic rings. The predicted molar refractivity (Wildman–Crippen MR) is 116 cm³/mol. The fourth-order valence-corrected chi connectivity index (χ4v) is 3.81. The van der Waals surface area contributed by atoms with Crippen LogP contribution < -0.4 is 0 Å². The van der Waals surface area contributed by atoms with Crippen molar-refractivity contribution in [2.75, 3.05) is 0 Å². The van der Waals surface area contributed by atoms with E-state index >= 15 is 0 Å². The number of fused-ring (bicyclic) bond motifs is 2. The van der Waals surface area contributed by atoms with Gasteiger partial charge in [0.15, 0.2) is 0 Å². The van der Waals surface area contributed by atoms with E-state index in [4.69, 9.17) is 0 Å². The Morgan fingerprint density at radius 1 is 0.867 bits per heavy atom. The molecule has 0 saturated carbocycles. The number of nitrogens with zero attached hydrogens (tertiary/aromatic N) is 6. The minimum atomic E-state index is 0.838. The fourth-order valence-electron chi connectivity index (χ4n) is 3.81. The predicted octanol–water partition coefficient (Wildman–Crippen LogP) is 4.46. The molecule has 0 spiro atoms. The van der Waals surface area contributed by atoms with Crippen LogP contribution in [0, 0.1) is 6.92 Å². The molecular weight excluding hydrogens is 374 g/mol. The number of nitrogens with one attached hydrogen (secondary N) is 1. The van der Waals surface area contributed by atoms with Gasteiger partial charge >= 0.3 is 0 Å². The maximum atomic E-state index is 4.55. The minimum Gasteiger partial charge on any atom is -0.278 e. The van der Waals surface area contributed by atoms with Gasteiger partial charge in [-0.05, 0) is 61.0 Å². The maximum Gasteiger partial charge on any atom is 0.113 e. The van der Waals surface area contributed by atoms with Crippen LogP contribution in [0.1, 0.15) is 5.56 Å². The van der Waals surface area contributed by atoms with E-state index < -0.39 is 0 Å². The molecule has 0 aliphatic carbocycles. The van der Waals surface area contributed by atoms with Gasteiger partial charge in [-0.1, -0.05) is 23.4 Å². The second kappa shape index (κ2) is 6.38. The molecule has 7 heteroatoms. The van der Waals surface area contributed by atoms with Crippen LogP contribution in [-0.4, -0.2) is 35.0 Å². The molecule has 3 heterocycles. The molecule has 0 fully saturated rings. The largest absolute Gasteiger partial charge is 0.278 e. The van der Waals surface area contributed by atoms with Gasteiger partial charge < -0.3 is 0 Å². The molecular formula is C23H17N7. The fraction of sp³-hybridized carbons (Fsp3) is 0.0435. The second-order valence-electron chi connectivity index (χ2n) is 7.31. The van der Waals surface area contributed by atoms with Crippen LogP contribution in [0.3, 0.4) is 0 Å². The number of rotatable bonds is 3. The lowest BCUT2D eigenvalue weighted by atomic mass is 10.1. The topological polar surface area (TPSA) is 77.2 Å². The van der Waals surface area contributed by atoms with Gasteiger partial charge in [0, 0.05) is 10.9 Å². The number of hydrogen-bond donors (Lipinski definition) is 1. The molecule has 0 radical (unpaired) electrons. The Balaban J connectivity index is 1.50. The third-order valence-corrected chi connectivity index (χ3v) is 5.30. The molecule has 0 amide bonds. The Morgan fingerprint density at radius 3 is 2.73 bits per heavy atom. The van der Waals surface area contributed by atoms with Crippen LogP contribution in [0.15, 0.2) is 79.1 Å². The molecule has 0 aliphatic heterocycles. The Bertz CT molecular complexity index is 1520. The van der Waals surface area contributed by atoms with E-state index in [1.54, 1.807) is 0 Å². The molecule has 0 unspecified atom stereocenters. The van der Waals surface area contributed by atoms with Crippen molar-refractivity contribution in [2.24, 2.45) is 0 Å². The van der Waals surface area contributed by atoms with Crippen molar-refractivity contribution in [3.63, 3.8) is 0 Å². The van der Waals surface area contributed by atoms with Crippen molar-refractivity contribution in [1.82, 2.24) is 35.0 Å². The summed E-state index contributed by atoms with van der Waals surface area (Å²) in [5, 5.41) is 21.4. The van der Waals surface area contributed by atoms with Crippen LogP contribution in [-0.2, 0) is 0 Å². The van der Waals surface area contributed by atoms with Crippen LogP contribution in [0.5, 0.6) is 0 Å². The second-order valence-corrected chi connectivity index (χ2v) is 7.31. The molecule has 0 aliphatic rings. The Hall–Kier alpha value is -4.26. The van der Waals surface area contributed by atoms with Gasteiger partial charge in [-0.25, -0.2) is 9.36 Å². The lowest BCUT2D eigenvalue weighted by molar-refractivity contribution is 0.824. The molecule has 0 bridgehead atoms. The third kappa shape index (κ3) is 2.60. The first-order valence-corrected chi connectivity index (χ1v) is 9.67. The van der Waals surface area contributed by atoms with Gasteiger partial charge in [0.1, 0.15) is 5.52 Å². The van der Waals surface area contributed by atoms with Crippen molar-refractivity contribution in [3.05, 3.63) is 84.7 Å². The molecule has 7 nitrogen and oxygen atoms in total. The Morgan fingerprint density at radius 2 is 1.80 bits per heavy atom. The van der Waals surface area contributed by atoms with Crippen LogP contribution in [0.25, 0.3) is 44.6 Å². The summed E-state index contributed by atoms with van der Waals surface area (Å²) in [7, 11) is 0. The zero-order chi connectivity index (χ0) is 20.1. The summed E-state index contributed by atoms with van der Waals surface area (Å²) >= 11 is 0. The zero-order valence-electron chi connectivity index (χ0n) is 16.2. The molecule has 0 atom stereocenters. The highest BCUT2D eigenvalue weighted by molar-refractivity contribution is 5.84. The molecule has 6 rings (SSSR count). The van der Waals surface area contributed by atoms with Crippen molar-refractivity contribution in [2.45, 2.75) is 6.92 Å². The number of aryl methyl sites for hydroxylation is 1. The van der Waals surface area contributed by atoms with Gasteiger partial charge in [-0.3, -0.25) is 5.10 Å². The van der Waals surface area contributed by atoms with Crippen LogP contribution in [0.4, 0.5) is 0 Å². The molecule has 144 valence electrons. The molecule has 3 aromatic carbocycles. The number of aromatic nitrogens is 7. The van der Waals surface area contributed by atoms with E-state index in [-0.39, 0.29) is 0 Å². The average Bonchev–Trinajstić information content (AvgIpc) is 3.51. The molecule has 1 N–H and O–H groups in total. The van der Waals surface area contributed by atoms with E-state index in [1.165, 1.54) is 5.56 Å². The summed E-state index contributed by atoms with van der Waals surface area (Å²) in [6.07, 6.45) is 3.63. The van der Waals surface area contributed by atoms with E-state index in [0.29, 0.717) is 0 Å². The van der Waals surface area contributed by atoms with E-state index in [2.05, 4.69) is 62.9 Å². The summed E-state index contributed by atoms with van der Waals surface area (Å²) in [6.45, 7) is 2.08. The monoisotopic (exact) mass is 391 g/mol. The summed E-state index contributed by atoms with van der Waals surface area (Å²) in [6, 6.07) is 22.6. The molecule has 30 heavy (non-hydrogen) atoms. The average molecular weight is 391 g/mol. The normalized spacial score (nSPS) is 11.5. The number of aromatic amines is 1. The Labute approximate surface area is 171 Å². The minimum absolute atomic E-state index is 0.838. The Kier molecular flexibility index (Phi) is 3.55. The van der Waals surface area contributed by atoms with Gasteiger partial charge in [-0.2, -0.15) is 10.2 Å². The lowest BCUT2D eigenvalue weighted by Crippen LogP contribution is -2.00. The number of H-pyrrole nitrogens is 1. The van der Waals surface area contributed by atoms with Gasteiger partial charge in [0.05, 0.1) is 40.5 Å². The first-order chi connectivity index (χ1) is 14.8.